The average molecular weight is 244 g/mol. The van der Waals surface area contributed by atoms with Crippen LogP contribution in [0.1, 0.15) is 18.4 Å². The van der Waals surface area contributed by atoms with Crippen molar-refractivity contribution in [1.82, 2.24) is 5.32 Å². The average Bonchev–Trinajstić information content (AvgIpc) is 2.33. The molecule has 16 heavy (non-hydrogen) atoms. The first kappa shape index (κ1) is 11.7. The summed E-state index contributed by atoms with van der Waals surface area (Å²) in [7, 11) is 0. The number of ether oxygens (including phenoxy) is 1. The Morgan fingerprint density at radius 1 is 1.38 bits per heavy atom. The predicted molar refractivity (Wildman–Crippen MR) is 62.5 cm³/mol. The zero-order valence-corrected chi connectivity index (χ0v) is 9.77. The van der Waals surface area contributed by atoms with Crippen molar-refractivity contribution in [2.24, 2.45) is 0 Å². The highest BCUT2D eigenvalue weighted by atomic mass is 35.5. The lowest BCUT2D eigenvalue weighted by Gasteiger charge is -2.24. The Labute approximate surface area is 99.7 Å². The van der Waals surface area contributed by atoms with Gasteiger partial charge >= 0.3 is 0 Å². The highest BCUT2D eigenvalue weighted by Crippen LogP contribution is 2.24. The maximum absolute atomic E-state index is 13.0. The molecule has 88 valence electrons. The third-order valence-corrected chi connectivity index (χ3v) is 3.03. The van der Waals surface area contributed by atoms with E-state index >= 15 is 0 Å². The molecule has 0 unspecified atom stereocenters. The number of nitrogens with one attached hydrogen (secondary N) is 1. The summed E-state index contributed by atoms with van der Waals surface area (Å²) in [4.78, 5) is 0. The van der Waals surface area contributed by atoms with Crippen molar-refractivity contribution in [3.8, 4) is 5.75 Å². The summed E-state index contributed by atoms with van der Waals surface area (Å²) < 4.78 is 18.8. The molecule has 0 radical (unpaired) electrons. The Kier molecular flexibility index (Phi) is 4.02. The van der Waals surface area contributed by atoms with E-state index in [1.807, 2.05) is 0 Å². The Balaban J connectivity index is 2.07. The lowest BCUT2D eigenvalue weighted by Crippen LogP contribution is -2.34. The number of benzene rings is 1. The van der Waals surface area contributed by atoms with Crippen LogP contribution in [0.25, 0.3) is 0 Å². The second kappa shape index (κ2) is 5.51. The van der Waals surface area contributed by atoms with Gasteiger partial charge in [-0.25, -0.2) is 4.39 Å². The fourth-order valence-electron chi connectivity index (χ4n) is 1.86. The molecule has 1 N–H and O–H groups in total. The van der Waals surface area contributed by atoms with Gasteiger partial charge in [-0.3, -0.25) is 0 Å². The number of hydrogen-bond acceptors (Lipinski definition) is 2. The normalized spacial score (nSPS) is 17.4. The molecule has 0 aliphatic carbocycles. The van der Waals surface area contributed by atoms with Crippen molar-refractivity contribution in [3.05, 3.63) is 29.6 Å². The lowest BCUT2D eigenvalue weighted by molar-refractivity contribution is 0.161. The monoisotopic (exact) mass is 243 g/mol. The van der Waals surface area contributed by atoms with E-state index in [9.17, 15) is 4.39 Å². The molecule has 1 aromatic rings. The molecule has 0 spiro atoms. The summed E-state index contributed by atoms with van der Waals surface area (Å²) in [6.07, 6.45) is 2.19. The van der Waals surface area contributed by atoms with Crippen molar-refractivity contribution in [2.75, 3.05) is 13.1 Å². The van der Waals surface area contributed by atoms with Crippen LogP contribution in [0.15, 0.2) is 18.2 Å². The third kappa shape index (κ3) is 2.86. The van der Waals surface area contributed by atoms with Crippen molar-refractivity contribution in [2.45, 2.75) is 24.8 Å². The van der Waals surface area contributed by atoms with Gasteiger partial charge in [0.05, 0.1) is 5.88 Å². The molecule has 1 aliphatic rings. The van der Waals surface area contributed by atoms with Gasteiger partial charge in [0.15, 0.2) is 0 Å². The third-order valence-electron chi connectivity index (χ3n) is 2.75. The quantitative estimate of drug-likeness (QED) is 0.825. The highest BCUT2D eigenvalue weighted by Gasteiger charge is 2.16. The summed E-state index contributed by atoms with van der Waals surface area (Å²) in [6.45, 7) is 1.95. The first-order valence-corrected chi connectivity index (χ1v) is 6.05. The Bertz CT molecular complexity index is 353. The van der Waals surface area contributed by atoms with Crippen LogP contribution < -0.4 is 10.1 Å². The SMILES string of the molecule is Fc1ccc(OC2CCNCC2)c(CCl)c1. The van der Waals surface area contributed by atoms with E-state index < -0.39 is 0 Å². The zero-order chi connectivity index (χ0) is 11.4. The van der Waals surface area contributed by atoms with Gasteiger partial charge in [0.1, 0.15) is 17.7 Å². The van der Waals surface area contributed by atoms with E-state index in [0.717, 1.165) is 31.5 Å². The molecule has 0 saturated carbocycles. The van der Waals surface area contributed by atoms with Crippen LogP contribution in [0.4, 0.5) is 4.39 Å². The summed E-state index contributed by atoms with van der Waals surface area (Å²) in [5.41, 5.74) is 0.722. The molecular weight excluding hydrogens is 229 g/mol. The second-order valence-electron chi connectivity index (χ2n) is 3.95. The molecule has 1 aromatic carbocycles. The van der Waals surface area contributed by atoms with Gasteiger partial charge in [0.25, 0.3) is 0 Å². The predicted octanol–water partition coefficient (Wildman–Crippen LogP) is 2.70. The fourth-order valence-corrected chi connectivity index (χ4v) is 2.07. The summed E-state index contributed by atoms with van der Waals surface area (Å²) in [5.74, 6) is 0.717. The van der Waals surface area contributed by atoms with Crippen molar-refractivity contribution >= 4 is 11.6 Å². The minimum atomic E-state index is -0.270. The topological polar surface area (TPSA) is 21.3 Å². The smallest absolute Gasteiger partial charge is 0.124 e. The van der Waals surface area contributed by atoms with Crippen molar-refractivity contribution in [3.63, 3.8) is 0 Å². The van der Waals surface area contributed by atoms with Crippen molar-refractivity contribution < 1.29 is 9.13 Å². The van der Waals surface area contributed by atoms with E-state index in [4.69, 9.17) is 16.3 Å². The van der Waals surface area contributed by atoms with E-state index in [1.165, 1.54) is 12.1 Å². The van der Waals surface area contributed by atoms with Crippen LogP contribution in [0.2, 0.25) is 0 Å². The summed E-state index contributed by atoms with van der Waals surface area (Å²) in [5, 5.41) is 3.27. The molecule has 1 fully saturated rings. The largest absolute Gasteiger partial charge is 0.490 e. The minimum Gasteiger partial charge on any atom is -0.490 e. The number of piperidine rings is 1. The molecule has 0 aromatic heterocycles. The van der Waals surface area contributed by atoms with Crippen LogP contribution in [0.3, 0.4) is 0 Å². The van der Waals surface area contributed by atoms with Gasteiger partial charge < -0.3 is 10.1 Å². The highest BCUT2D eigenvalue weighted by molar-refractivity contribution is 6.17. The number of alkyl halides is 1. The molecule has 1 heterocycles. The van der Waals surface area contributed by atoms with Gasteiger partial charge in [-0.05, 0) is 44.1 Å². The molecule has 0 bridgehead atoms. The zero-order valence-electron chi connectivity index (χ0n) is 9.01. The minimum absolute atomic E-state index is 0.216. The van der Waals surface area contributed by atoms with Crippen LogP contribution in [-0.2, 0) is 5.88 Å². The van der Waals surface area contributed by atoms with Crippen LogP contribution in [0, 0.1) is 5.82 Å². The Morgan fingerprint density at radius 3 is 2.81 bits per heavy atom. The van der Waals surface area contributed by atoms with Crippen molar-refractivity contribution in [1.29, 1.82) is 0 Å². The van der Waals surface area contributed by atoms with Gasteiger partial charge in [-0.2, -0.15) is 0 Å². The summed E-state index contributed by atoms with van der Waals surface area (Å²) in [6, 6.07) is 4.50. The molecule has 0 atom stereocenters. The first-order valence-electron chi connectivity index (χ1n) is 5.51. The Morgan fingerprint density at radius 2 is 2.12 bits per heavy atom. The summed E-state index contributed by atoms with van der Waals surface area (Å²) >= 11 is 5.76. The van der Waals surface area contributed by atoms with E-state index in [1.54, 1.807) is 6.07 Å². The fraction of sp³-hybridized carbons (Fsp3) is 0.500. The Hall–Kier alpha value is -0.800. The first-order chi connectivity index (χ1) is 7.79. The molecule has 0 amide bonds. The molecular formula is C12H15ClFNO. The molecule has 4 heteroatoms. The van der Waals surface area contributed by atoms with E-state index in [0.29, 0.717) is 5.75 Å². The van der Waals surface area contributed by atoms with Gasteiger partial charge in [-0.15, -0.1) is 11.6 Å². The standard InChI is InChI=1S/C12H15ClFNO/c13-8-9-7-10(14)1-2-12(9)16-11-3-5-15-6-4-11/h1-2,7,11,15H,3-6,8H2. The van der Waals surface area contributed by atoms with Gasteiger partial charge in [0, 0.05) is 5.56 Å². The molecule has 2 rings (SSSR count). The molecule has 1 aliphatic heterocycles. The maximum Gasteiger partial charge on any atom is 0.124 e. The second-order valence-corrected chi connectivity index (χ2v) is 4.22. The maximum atomic E-state index is 13.0. The van der Waals surface area contributed by atoms with Crippen LogP contribution in [0.5, 0.6) is 5.75 Å². The van der Waals surface area contributed by atoms with Gasteiger partial charge in [0.2, 0.25) is 0 Å². The van der Waals surface area contributed by atoms with E-state index in [2.05, 4.69) is 5.32 Å². The lowest BCUT2D eigenvalue weighted by atomic mass is 10.1. The number of halogens is 2. The molecule has 1 saturated heterocycles. The molecule has 2 nitrogen and oxygen atoms in total. The van der Waals surface area contributed by atoms with Crippen LogP contribution in [-0.4, -0.2) is 19.2 Å². The number of hydrogen-bond donors (Lipinski definition) is 1. The van der Waals surface area contributed by atoms with E-state index in [-0.39, 0.29) is 17.8 Å². The number of rotatable bonds is 3. The van der Waals surface area contributed by atoms with Gasteiger partial charge in [-0.1, -0.05) is 0 Å². The van der Waals surface area contributed by atoms with Crippen LogP contribution >= 0.6 is 11.6 Å².